The van der Waals surface area contributed by atoms with Crippen LogP contribution in [0.15, 0.2) is 54.4 Å². The number of esters is 2. The summed E-state index contributed by atoms with van der Waals surface area (Å²) in [5.41, 5.74) is 1.55. The molecule has 3 heterocycles. The van der Waals surface area contributed by atoms with Crippen molar-refractivity contribution >= 4 is 45.1 Å². The number of nitrogens with one attached hydrogen (secondary N) is 1. The number of allylic oxidation sites excluding steroid dienone is 1. The lowest BCUT2D eigenvalue weighted by atomic mass is 9.95. The van der Waals surface area contributed by atoms with E-state index in [1.807, 2.05) is 30.3 Å². The molecule has 8 heteroatoms. The van der Waals surface area contributed by atoms with E-state index in [2.05, 4.69) is 15.3 Å². The predicted octanol–water partition coefficient (Wildman–Crippen LogP) is 2.63. The van der Waals surface area contributed by atoms with Gasteiger partial charge in [-0.05, 0) is 17.5 Å². The van der Waals surface area contributed by atoms with Crippen LogP contribution >= 0.6 is 0 Å². The number of rotatable bonds is 2. The van der Waals surface area contributed by atoms with E-state index in [0.717, 1.165) is 10.8 Å². The van der Waals surface area contributed by atoms with Gasteiger partial charge in [-0.2, -0.15) is 0 Å². The normalized spacial score (nSPS) is 17.5. The fourth-order valence-corrected chi connectivity index (χ4v) is 3.59. The SMILES string of the molecule is CC1(C)OC(=O)C(=CNC2=CC(=O)c3nc4ccccc4c4ccnc2c34)C(=O)O1. The lowest BCUT2D eigenvalue weighted by Crippen LogP contribution is -2.42. The molecule has 0 amide bonds. The number of nitrogens with zero attached hydrogens (tertiary/aromatic N) is 2. The van der Waals surface area contributed by atoms with Crippen molar-refractivity contribution in [2.75, 3.05) is 0 Å². The van der Waals surface area contributed by atoms with Gasteiger partial charge in [0, 0.05) is 43.1 Å². The summed E-state index contributed by atoms with van der Waals surface area (Å²) < 4.78 is 10.2. The molecule has 30 heavy (non-hydrogen) atoms. The van der Waals surface area contributed by atoms with Gasteiger partial charge < -0.3 is 14.8 Å². The fraction of sp³-hybridized carbons (Fsp3) is 0.136. The zero-order valence-electron chi connectivity index (χ0n) is 16.1. The monoisotopic (exact) mass is 401 g/mol. The highest BCUT2D eigenvalue weighted by molar-refractivity contribution is 6.24. The molecule has 0 atom stereocenters. The fourth-order valence-electron chi connectivity index (χ4n) is 3.59. The number of hydrogen-bond acceptors (Lipinski definition) is 8. The minimum Gasteiger partial charge on any atom is -0.419 e. The highest BCUT2D eigenvalue weighted by atomic mass is 16.7. The second-order valence-corrected chi connectivity index (χ2v) is 7.36. The molecule has 1 fully saturated rings. The Morgan fingerprint density at radius 3 is 2.47 bits per heavy atom. The second kappa shape index (κ2) is 6.21. The first-order chi connectivity index (χ1) is 14.3. The maximum Gasteiger partial charge on any atom is 0.350 e. The number of carbonyl (C=O) groups is 3. The summed E-state index contributed by atoms with van der Waals surface area (Å²) in [7, 11) is 0. The molecule has 5 rings (SSSR count). The van der Waals surface area contributed by atoms with Crippen molar-refractivity contribution in [2.24, 2.45) is 0 Å². The maximum atomic E-state index is 12.8. The number of cyclic esters (lactones) is 2. The number of carbonyl (C=O) groups excluding carboxylic acids is 3. The summed E-state index contributed by atoms with van der Waals surface area (Å²) in [6, 6.07) is 9.38. The molecule has 0 radical (unpaired) electrons. The van der Waals surface area contributed by atoms with Crippen molar-refractivity contribution in [3.8, 4) is 0 Å². The van der Waals surface area contributed by atoms with Crippen molar-refractivity contribution in [3.63, 3.8) is 0 Å². The maximum absolute atomic E-state index is 12.8. The third-order valence-corrected chi connectivity index (χ3v) is 4.87. The summed E-state index contributed by atoms with van der Waals surface area (Å²) >= 11 is 0. The Balaban J connectivity index is 1.60. The van der Waals surface area contributed by atoms with Crippen molar-refractivity contribution in [3.05, 3.63) is 65.8 Å². The first-order valence-electron chi connectivity index (χ1n) is 9.21. The second-order valence-electron chi connectivity index (χ2n) is 7.36. The summed E-state index contributed by atoms with van der Waals surface area (Å²) in [5.74, 6) is -3.26. The number of aromatic nitrogens is 2. The summed E-state index contributed by atoms with van der Waals surface area (Å²) in [6.07, 6.45) is 4.14. The number of ether oxygens (including phenoxy) is 2. The predicted molar refractivity (Wildman–Crippen MR) is 107 cm³/mol. The third-order valence-electron chi connectivity index (χ3n) is 4.87. The lowest BCUT2D eigenvalue weighted by Gasteiger charge is -2.29. The Labute approximate surface area is 170 Å². The standard InChI is InChI=1S/C22H15N3O5/c1-22(2)29-20(27)13(21(28)30-22)10-24-15-9-16(26)19-17-12(7-8-23-18(15)17)11-5-3-4-6-14(11)25-19/h3-10,24H,1-2H3. The Kier molecular flexibility index (Phi) is 3.73. The summed E-state index contributed by atoms with van der Waals surface area (Å²) in [6.45, 7) is 2.93. The van der Waals surface area contributed by atoms with Gasteiger partial charge in [0.05, 0.1) is 16.9 Å². The van der Waals surface area contributed by atoms with Gasteiger partial charge in [-0.1, -0.05) is 18.2 Å². The molecule has 1 saturated heterocycles. The number of pyridine rings is 2. The zero-order valence-corrected chi connectivity index (χ0v) is 16.1. The van der Waals surface area contributed by atoms with Crippen LogP contribution in [0.3, 0.4) is 0 Å². The van der Waals surface area contributed by atoms with Gasteiger partial charge in [0.1, 0.15) is 5.69 Å². The highest BCUT2D eigenvalue weighted by Gasteiger charge is 2.39. The van der Waals surface area contributed by atoms with Gasteiger partial charge in [0.25, 0.3) is 5.79 Å². The van der Waals surface area contributed by atoms with Crippen LogP contribution in [0, 0.1) is 0 Å². The van der Waals surface area contributed by atoms with Gasteiger partial charge in [-0.3, -0.25) is 9.78 Å². The molecule has 8 nitrogen and oxygen atoms in total. The Hall–Kier alpha value is -4.07. The van der Waals surface area contributed by atoms with E-state index in [9.17, 15) is 14.4 Å². The largest absolute Gasteiger partial charge is 0.419 e. The van der Waals surface area contributed by atoms with E-state index in [1.54, 1.807) is 6.20 Å². The first kappa shape index (κ1) is 18.0. The van der Waals surface area contributed by atoms with Crippen LogP contribution in [0.1, 0.15) is 30.0 Å². The number of para-hydroxylation sites is 1. The van der Waals surface area contributed by atoms with Gasteiger partial charge in [-0.15, -0.1) is 0 Å². The molecule has 1 aliphatic carbocycles. The molecule has 148 valence electrons. The van der Waals surface area contributed by atoms with Crippen LogP contribution in [-0.4, -0.2) is 33.5 Å². The molecule has 1 N–H and O–H groups in total. The molecule has 1 aromatic carbocycles. The Morgan fingerprint density at radius 2 is 1.70 bits per heavy atom. The first-order valence-corrected chi connectivity index (χ1v) is 9.21. The third kappa shape index (κ3) is 2.73. The quantitative estimate of drug-likeness (QED) is 0.302. The molecule has 0 saturated carbocycles. The van der Waals surface area contributed by atoms with Crippen LogP contribution in [0.4, 0.5) is 0 Å². The van der Waals surface area contributed by atoms with E-state index in [0.29, 0.717) is 28.0 Å². The number of ketones is 1. The summed E-state index contributed by atoms with van der Waals surface area (Å²) in [4.78, 5) is 46.0. The van der Waals surface area contributed by atoms with E-state index < -0.39 is 17.7 Å². The van der Waals surface area contributed by atoms with Crippen molar-refractivity contribution in [2.45, 2.75) is 19.6 Å². The molecule has 3 aromatic rings. The van der Waals surface area contributed by atoms with E-state index >= 15 is 0 Å². The Morgan fingerprint density at radius 1 is 0.967 bits per heavy atom. The highest BCUT2D eigenvalue weighted by Crippen LogP contribution is 2.34. The van der Waals surface area contributed by atoms with Gasteiger partial charge in [-0.25, -0.2) is 14.6 Å². The zero-order chi connectivity index (χ0) is 21.0. The molecule has 1 aliphatic heterocycles. The lowest BCUT2D eigenvalue weighted by molar-refractivity contribution is -0.222. The topological polar surface area (TPSA) is 107 Å². The average Bonchev–Trinajstić information content (AvgIpc) is 2.69. The molecule has 0 spiro atoms. The van der Waals surface area contributed by atoms with Gasteiger partial charge in [0.2, 0.25) is 5.78 Å². The smallest absolute Gasteiger partial charge is 0.350 e. The van der Waals surface area contributed by atoms with Gasteiger partial charge in [0.15, 0.2) is 5.57 Å². The van der Waals surface area contributed by atoms with Crippen molar-refractivity contribution < 1.29 is 23.9 Å². The number of hydrogen-bond donors (Lipinski definition) is 1. The summed E-state index contributed by atoms with van der Waals surface area (Å²) in [5, 5.41) is 5.19. The van der Waals surface area contributed by atoms with Gasteiger partial charge >= 0.3 is 11.9 Å². The van der Waals surface area contributed by atoms with Crippen LogP contribution in [0.2, 0.25) is 0 Å². The van der Waals surface area contributed by atoms with Crippen LogP contribution in [-0.2, 0) is 19.1 Å². The number of benzene rings is 1. The van der Waals surface area contributed by atoms with Crippen LogP contribution in [0.5, 0.6) is 0 Å². The average molecular weight is 401 g/mol. The molecule has 0 bridgehead atoms. The molecular formula is C22H15N3O5. The molecular weight excluding hydrogens is 386 g/mol. The van der Waals surface area contributed by atoms with E-state index in [4.69, 9.17) is 9.47 Å². The van der Waals surface area contributed by atoms with Crippen LogP contribution in [0.25, 0.3) is 27.4 Å². The van der Waals surface area contributed by atoms with E-state index in [1.165, 1.54) is 26.1 Å². The molecule has 2 aromatic heterocycles. The van der Waals surface area contributed by atoms with Crippen LogP contribution < -0.4 is 5.32 Å². The van der Waals surface area contributed by atoms with E-state index in [-0.39, 0.29) is 11.4 Å². The minimum atomic E-state index is -1.33. The minimum absolute atomic E-state index is 0.304. The number of fused-ring (bicyclic) bond motifs is 2. The Bertz CT molecular complexity index is 1330. The van der Waals surface area contributed by atoms with Crippen molar-refractivity contribution in [1.29, 1.82) is 0 Å². The molecule has 2 aliphatic rings. The molecule has 0 unspecified atom stereocenters. The van der Waals surface area contributed by atoms with Crippen molar-refractivity contribution in [1.82, 2.24) is 15.3 Å².